The van der Waals surface area contributed by atoms with E-state index in [2.05, 4.69) is 10.6 Å². The topological polar surface area (TPSA) is 75.3 Å². The minimum Gasteiger partial charge on any atom is -0.354 e. The molecule has 0 aromatic rings. The molecule has 0 aromatic heterocycles. The van der Waals surface area contributed by atoms with Gasteiger partial charge >= 0.3 is 0 Å². The van der Waals surface area contributed by atoms with Gasteiger partial charge in [-0.3, -0.25) is 4.79 Å². The van der Waals surface area contributed by atoms with Crippen LogP contribution in [0.4, 0.5) is 0 Å². The van der Waals surface area contributed by atoms with Gasteiger partial charge in [0.15, 0.2) is 9.84 Å². The third-order valence-electron chi connectivity index (χ3n) is 2.57. The van der Waals surface area contributed by atoms with E-state index in [1.807, 2.05) is 20.8 Å². The number of hydrogen-bond acceptors (Lipinski definition) is 4. The highest BCUT2D eigenvalue weighted by atomic mass is 35.5. The Hall–Kier alpha value is -0.330. The zero-order valence-electron chi connectivity index (χ0n) is 12.1. The molecule has 1 amide bonds. The summed E-state index contributed by atoms with van der Waals surface area (Å²) in [6.45, 7) is 7.22. The smallest absolute Gasteiger partial charge is 0.235 e. The minimum atomic E-state index is -3.25. The summed E-state index contributed by atoms with van der Waals surface area (Å²) >= 11 is 0. The Balaban J connectivity index is 0. The molecule has 0 saturated heterocycles. The zero-order valence-corrected chi connectivity index (χ0v) is 13.7. The number of carbonyl (C=O) groups excluding carboxylic acids is 1. The van der Waals surface area contributed by atoms with Gasteiger partial charge < -0.3 is 10.6 Å². The average Bonchev–Trinajstić information content (AvgIpc) is 2.26. The molecule has 0 unspecified atom stereocenters. The second-order valence-corrected chi connectivity index (χ2v) is 6.75. The second-order valence-electron chi connectivity index (χ2n) is 4.56. The number of likely N-dealkylation sites (N-methyl/N-ethyl adjacent to an activating group) is 1. The molecule has 1 atom stereocenters. The molecule has 7 heteroatoms. The Morgan fingerprint density at radius 1 is 1.21 bits per heavy atom. The molecule has 2 N–H and O–H groups in total. The summed E-state index contributed by atoms with van der Waals surface area (Å²) in [5, 5.41) is 5.77. The number of halogens is 1. The van der Waals surface area contributed by atoms with Gasteiger partial charge in [-0.1, -0.05) is 26.7 Å². The molecule has 5 nitrogen and oxygen atoms in total. The number of nitrogens with one attached hydrogen (secondary N) is 2. The number of unbranched alkanes of at least 4 members (excludes halogenated alkanes) is 2. The fraction of sp³-hybridized carbons (Fsp3) is 0.917. The van der Waals surface area contributed by atoms with Gasteiger partial charge in [0, 0.05) is 12.6 Å². The van der Waals surface area contributed by atoms with E-state index in [0.29, 0.717) is 13.0 Å². The lowest BCUT2D eigenvalue weighted by molar-refractivity contribution is -0.118. The van der Waals surface area contributed by atoms with Crippen molar-refractivity contribution in [2.24, 2.45) is 0 Å². The Bertz CT molecular complexity index is 334. The fourth-order valence-corrected chi connectivity index (χ4v) is 2.87. The maximum Gasteiger partial charge on any atom is 0.235 e. The number of rotatable bonds is 10. The largest absolute Gasteiger partial charge is 0.354 e. The van der Waals surface area contributed by atoms with Crippen LogP contribution in [0.15, 0.2) is 0 Å². The van der Waals surface area contributed by atoms with Crippen molar-refractivity contribution in [3.63, 3.8) is 0 Å². The Morgan fingerprint density at radius 3 is 2.37 bits per heavy atom. The molecule has 0 bridgehead atoms. The van der Waals surface area contributed by atoms with Gasteiger partial charge in [-0.2, -0.15) is 0 Å². The minimum absolute atomic E-state index is 0. The number of amides is 1. The zero-order chi connectivity index (χ0) is 14.0. The molecule has 0 saturated carbocycles. The third kappa shape index (κ3) is 12.4. The summed E-state index contributed by atoms with van der Waals surface area (Å²) in [5.74, 6) is -0.691. The summed E-state index contributed by atoms with van der Waals surface area (Å²) < 4.78 is 23.2. The molecule has 0 spiro atoms. The van der Waals surface area contributed by atoms with Crippen molar-refractivity contribution in [1.29, 1.82) is 0 Å². The maximum absolute atomic E-state index is 11.6. The van der Waals surface area contributed by atoms with E-state index in [1.54, 1.807) is 0 Å². The molecule has 0 heterocycles. The molecule has 0 aromatic carbocycles. The van der Waals surface area contributed by atoms with Crippen LogP contribution in [0.1, 0.15) is 40.0 Å². The first-order valence-electron chi connectivity index (χ1n) is 6.61. The van der Waals surface area contributed by atoms with Crippen molar-refractivity contribution >= 4 is 28.2 Å². The molecular formula is C12H27ClN2O3S. The Morgan fingerprint density at radius 2 is 1.84 bits per heavy atom. The Kier molecular flexibility index (Phi) is 12.7. The summed E-state index contributed by atoms with van der Waals surface area (Å²) in [7, 11) is -3.25. The first-order chi connectivity index (χ1) is 8.41. The van der Waals surface area contributed by atoms with Crippen LogP contribution in [0, 0.1) is 0 Å². The summed E-state index contributed by atoms with van der Waals surface area (Å²) in [6.07, 6.45) is 2.50. The van der Waals surface area contributed by atoms with Crippen LogP contribution in [0.3, 0.4) is 0 Å². The highest BCUT2D eigenvalue weighted by Gasteiger charge is 2.16. The molecule has 0 aliphatic carbocycles. The van der Waals surface area contributed by atoms with Crippen LogP contribution in [-0.2, 0) is 14.6 Å². The molecule has 0 rings (SSSR count). The van der Waals surface area contributed by atoms with Crippen molar-refractivity contribution in [3.05, 3.63) is 0 Å². The van der Waals surface area contributed by atoms with E-state index in [4.69, 9.17) is 0 Å². The highest BCUT2D eigenvalue weighted by molar-refractivity contribution is 7.92. The fourth-order valence-electron chi connectivity index (χ4n) is 1.58. The van der Waals surface area contributed by atoms with E-state index in [9.17, 15) is 13.2 Å². The van der Waals surface area contributed by atoms with Crippen molar-refractivity contribution in [3.8, 4) is 0 Å². The summed E-state index contributed by atoms with van der Waals surface area (Å²) in [5.41, 5.74) is 0. The number of hydrogen-bond donors (Lipinski definition) is 2. The molecule has 116 valence electrons. The molecule has 19 heavy (non-hydrogen) atoms. The average molecular weight is 315 g/mol. The normalized spacial score (nSPS) is 12.6. The summed E-state index contributed by atoms with van der Waals surface area (Å²) in [4.78, 5) is 11.5. The van der Waals surface area contributed by atoms with Crippen molar-refractivity contribution < 1.29 is 13.2 Å². The molecule has 0 aliphatic rings. The lowest BCUT2D eigenvalue weighted by atomic mass is 10.3. The van der Waals surface area contributed by atoms with Gasteiger partial charge in [0.2, 0.25) is 5.91 Å². The standard InChI is InChI=1S/C12H26N2O3S.ClH/c1-4-6-7-8-18(16,17)10-12(15)14-9-11(3)13-5-2;/h11,13H,4-10H2,1-3H3,(H,14,15);1H/t11-;/m1./s1. The second kappa shape index (κ2) is 11.5. The SMILES string of the molecule is CCCCCS(=O)(=O)CC(=O)NC[C@@H](C)NCC.Cl. The molecule has 0 aliphatic heterocycles. The third-order valence-corrected chi connectivity index (χ3v) is 4.18. The lowest BCUT2D eigenvalue weighted by Gasteiger charge is -2.13. The monoisotopic (exact) mass is 314 g/mol. The van der Waals surface area contributed by atoms with E-state index < -0.39 is 21.5 Å². The maximum atomic E-state index is 11.6. The van der Waals surface area contributed by atoms with E-state index in [-0.39, 0.29) is 24.2 Å². The number of carbonyl (C=O) groups is 1. The van der Waals surface area contributed by atoms with Gasteiger partial charge in [0.1, 0.15) is 5.75 Å². The van der Waals surface area contributed by atoms with Crippen molar-refractivity contribution in [2.75, 3.05) is 24.6 Å². The van der Waals surface area contributed by atoms with E-state index in [0.717, 1.165) is 19.4 Å². The van der Waals surface area contributed by atoms with Crippen molar-refractivity contribution in [2.45, 2.75) is 46.1 Å². The van der Waals surface area contributed by atoms with Crippen LogP contribution in [0.2, 0.25) is 0 Å². The van der Waals surface area contributed by atoms with Crippen LogP contribution in [0.5, 0.6) is 0 Å². The van der Waals surface area contributed by atoms with E-state index in [1.165, 1.54) is 0 Å². The summed E-state index contributed by atoms with van der Waals surface area (Å²) in [6, 6.07) is 0.154. The van der Waals surface area contributed by atoms with Gasteiger partial charge in [-0.25, -0.2) is 8.42 Å². The van der Waals surface area contributed by atoms with E-state index >= 15 is 0 Å². The first kappa shape index (κ1) is 21.0. The molecule has 0 radical (unpaired) electrons. The van der Waals surface area contributed by atoms with Gasteiger partial charge in [0.05, 0.1) is 5.75 Å². The Labute approximate surface area is 123 Å². The van der Waals surface area contributed by atoms with Crippen LogP contribution >= 0.6 is 12.4 Å². The van der Waals surface area contributed by atoms with Crippen LogP contribution < -0.4 is 10.6 Å². The van der Waals surface area contributed by atoms with Gasteiger partial charge in [0.25, 0.3) is 0 Å². The van der Waals surface area contributed by atoms with Gasteiger partial charge in [-0.05, 0) is 19.9 Å². The van der Waals surface area contributed by atoms with Crippen molar-refractivity contribution in [1.82, 2.24) is 10.6 Å². The lowest BCUT2D eigenvalue weighted by Crippen LogP contribution is -2.41. The molecular weight excluding hydrogens is 288 g/mol. The predicted molar refractivity (Wildman–Crippen MR) is 81.6 cm³/mol. The first-order valence-corrected chi connectivity index (χ1v) is 8.44. The van der Waals surface area contributed by atoms with Crippen LogP contribution in [0.25, 0.3) is 0 Å². The van der Waals surface area contributed by atoms with Gasteiger partial charge in [-0.15, -0.1) is 12.4 Å². The highest BCUT2D eigenvalue weighted by Crippen LogP contribution is 2.00. The van der Waals surface area contributed by atoms with Crippen LogP contribution in [-0.4, -0.2) is 45.0 Å². The number of sulfone groups is 1. The quantitative estimate of drug-likeness (QED) is 0.593. The molecule has 0 fully saturated rings. The predicted octanol–water partition coefficient (Wildman–Crippen LogP) is 1.13.